The van der Waals surface area contributed by atoms with Crippen LogP contribution in [0, 0.1) is 0 Å². The summed E-state index contributed by atoms with van der Waals surface area (Å²) in [5, 5.41) is 10.8. The number of ether oxygens (including phenoxy) is 1. The molecular weight excluding hydrogens is 250 g/mol. The number of aliphatic carboxylic acids is 1. The minimum atomic E-state index is -1.35. The quantitative estimate of drug-likeness (QED) is 0.826. The highest BCUT2D eigenvalue weighted by molar-refractivity contribution is 6.40. The Labute approximate surface area is 95.1 Å². The summed E-state index contributed by atoms with van der Waals surface area (Å²) in [6.45, 7) is -0.610. The number of carboxylic acids is 1. The van der Waals surface area contributed by atoms with Crippen molar-refractivity contribution in [3.05, 3.63) is 27.2 Å². The Morgan fingerprint density at radius 2 is 1.79 bits per heavy atom. The van der Waals surface area contributed by atoms with Crippen LogP contribution in [0.3, 0.4) is 0 Å². The number of rotatable bonds is 3. The topological polar surface area (TPSA) is 49.4 Å². The third kappa shape index (κ3) is 2.94. The minimum absolute atomic E-state index is 0.0851. The van der Waals surface area contributed by atoms with Gasteiger partial charge in [0.2, 0.25) is 0 Å². The smallest absolute Gasteiger partial charge is 0.157 e. The lowest BCUT2D eigenvalue weighted by Crippen LogP contribution is -2.29. The molecule has 0 spiro atoms. The number of carboxylic acid groups (broad SMARTS) is 1. The average Bonchev–Trinajstić information content (AvgIpc) is 2.01. The van der Waals surface area contributed by atoms with Crippen molar-refractivity contribution in [2.45, 2.75) is 0 Å². The number of hydrogen-bond donors (Lipinski definition) is 0. The Morgan fingerprint density at radius 1 is 1.29 bits per heavy atom. The van der Waals surface area contributed by atoms with Gasteiger partial charge in [-0.25, -0.2) is 0 Å². The van der Waals surface area contributed by atoms with Crippen LogP contribution in [0.15, 0.2) is 12.1 Å². The Kier molecular flexibility index (Phi) is 3.86. The van der Waals surface area contributed by atoms with Crippen LogP contribution in [0.2, 0.25) is 15.1 Å². The molecule has 0 radical (unpaired) electrons. The van der Waals surface area contributed by atoms with Gasteiger partial charge in [0.1, 0.15) is 6.61 Å². The van der Waals surface area contributed by atoms with E-state index in [-0.39, 0.29) is 15.8 Å². The normalized spacial score (nSPS) is 9.93. The lowest BCUT2D eigenvalue weighted by molar-refractivity contribution is -0.307. The van der Waals surface area contributed by atoms with Crippen molar-refractivity contribution in [3.8, 4) is 5.75 Å². The van der Waals surface area contributed by atoms with Crippen molar-refractivity contribution in [2.24, 2.45) is 0 Å². The van der Waals surface area contributed by atoms with E-state index in [1.165, 1.54) is 12.1 Å². The summed E-state index contributed by atoms with van der Waals surface area (Å²) in [5.41, 5.74) is 0. The molecule has 0 N–H and O–H groups in total. The highest BCUT2D eigenvalue weighted by Crippen LogP contribution is 2.35. The third-order valence-corrected chi connectivity index (χ3v) is 2.08. The fourth-order valence-electron chi connectivity index (χ4n) is 0.798. The lowest BCUT2D eigenvalue weighted by atomic mass is 10.3. The molecule has 0 amide bonds. The molecule has 0 bridgehead atoms. The first kappa shape index (κ1) is 11.4. The van der Waals surface area contributed by atoms with Gasteiger partial charge in [-0.15, -0.1) is 0 Å². The van der Waals surface area contributed by atoms with Gasteiger partial charge in [0.05, 0.1) is 16.0 Å². The lowest BCUT2D eigenvalue weighted by Gasteiger charge is -2.10. The predicted molar refractivity (Wildman–Crippen MR) is 52.0 cm³/mol. The fourth-order valence-corrected chi connectivity index (χ4v) is 1.72. The number of hydrogen-bond acceptors (Lipinski definition) is 3. The van der Waals surface area contributed by atoms with E-state index in [0.29, 0.717) is 5.02 Å². The molecule has 0 aliphatic rings. The van der Waals surface area contributed by atoms with E-state index in [1.54, 1.807) is 0 Å². The van der Waals surface area contributed by atoms with Gasteiger partial charge in [0.15, 0.2) is 5.75 Å². The molecule has 0 aliphatic heterocycles. The molecule has 0 aromatic heterocycles. The van der Waals surface area contributed by atoms with Gasteiger partial charge in [0.25, 0.3) is 0 Å². The van der Waals surface area contributed by atoms with Crippen molar-refractivity contribution in [3.63, 3.8) is 0 Å². The van der Waals surface area contributed by atoms with Crippen molar-refractivity contribution >= 4 is 40.8 Å². The summed E-state index contributed by atoms with van der Waals surface area (Å²) in [5.74, 6) is -1.27. The van der Waals surface area contributed by atoms with Crippen LogP contribution in [-0.4, -0.2) is 12.6 Å². The predicted octanol–water partition coefficient (Wildman–Crippen LogP) is 1.78. The van der Waals surface area contributed by atoms with Gasteiger partial charge in [-0.1, -0.05) is 34.8 Å². The molecule has 76 valence electrons. The Bertz CT molecular complexity index is 342. The van der Waals surface area contributed by atoms with Gasteiger partial charge < -0.3 is 14.6 Å². The molecule has 14 heavy (non-hydrogen) atoms. The zero-order valence-electron chi connectivity index (χ0n) is 6.72. The second-order valence-electron chi connectivity index (χ2n) is 2.36. The largest absolute Gasteiger partial charge is 0.546 e. The van der Waals surface area contributed by atoms with Crippen LogP contribution in [0.4, 0.5) is 0 Å². The van der Waals surface area contributed by atoms with Gasteiger partial charge in [-0.2, -0.15) is 0 Å². The molecule has 1 aromatic carbocycles. The zero-order valence-corrected chi connectivity index (χ0v) is 8.99. The van der Waals surface area contributed by atoms with Crippen LogP contribution in [0.5, 0.6) is 5.75 Å². The van der Waals surface area contributed by atoms with Gasteiger partial charge in [-0.05, 0) is 12.1 Å². The summed E-state index contributed by atoms with van der Waals surface area (Å²) in [4.78, 5) is 10.1. The maximum absolute atomic E-state index is 10.1. The monoisotopic (exact) mass is 253 g/mol. The summed E-state index contributed by atoms with van der Waals surface area (Å²) in [7, 11) is 0. The Morgan fingerprint density at radius 3 is 2.21 bits per heavy atom. The molecular formula is C8H4Cl3O3-. The van der Waals surface area contributed by atoms with Crippen LogP contribution in [0.25, 0.3) is 0 Å². The molecule has 0 saturated heterocycles. The molecule has 0 fully saturated rings. The highest BCUT2D eigenvalue weighted by atomic mass is 35.5. The zero-order chi connectivity index (χ0) is 10.7. The molecule has 1 rings (SSSR count). The molecule has 0 heterocycles. The summed E-state index contributed by atoms with van der Waals surface area (Å²) in [6, 6.07) is 2.80. The van der Waals surface area contributed by atoms with Gasteiger partial charge in [-0.3, -0.25) is 0 Å². The van der Waals surface area contributed by atoms with Crippen LogP contribution < -0.4 is 9.84 Å². The van der Waals surface area contributed by atoms with Crippen molar-refractivity contribution in [2.75, 3.05) is 6.61 Å². The van der Waals surface area contributed by atoms with Gasteiger partial charge >= 0.3 is 0 Å². The Hall–Kier alpha value is -0.640. The fraction of sp³-hybridized carbons (Fsp3) is 0.125. The molecule has 0 unspecified atom stereocenters. The minimum Gasteiger partial charge on any atom is -0.546 e. The van der Waals surface area contributed by atoms with E-state index < -0.39 is 12.6 Å². The van der Waals surface area contributed by atoms with Crippen LogP contribution in [-0.2, 0) is 4.79 Å². The van der Waals surface area contributed by atoms with E-state index in [0.717, 1.165) is 0 Å². The third-order valence-electron chi connectivity index (χ3n) is 1.30. The second kappa shape index (κ2) is 4.73. The van der Waals surface area contributed by atoms with Crippen molar-refractivity contribution in [1.82, 2.24) is 0 Å². The summed E-state index contributed by atoms with van der Waals surface area (Å²) < 4.78 is 4.80. The standard InChI is InChI=1S/C8H5Cl3O3/c9-4-1-5(10)8(6(11)2-4)14-3-7(12)13/h1-2H,3H2,(H,12,13)/p-1. The van der Waals surface area contributed by atoms with E-state index in [4.69, 9.17) is 39.5 Å². The van der Waals surface area contributed by atoms with Crippen LogP contribution >= 0.6 is 34.8 Å². The molecule has 0 atom stereocenters. The van der Waals surface area contributed by atoms with E-state index in [1.807, 2.05) is 0 Å². The first-order valence-corrected chi connectivity index (χ1v) is 4.61. The molecule has 0 aliphatic carbocycles. The molecule has 0 saturated carbocycles. The SMILES string of the molecule is O=C([O-])COc1c(Cl)cc(Cl)cc1Cl. The Balaban J connectivity index is 2.91. The second-order valence-corrected chi connectivity index (χ2v) is 3.61. The number of halogens is 3. The first-order valence-electron chi connectivity index (χ1n) is 3.48. The van der Waals surface area contributed by atoms with E-state index in [2.05, 4.69) is 0 Å². The summed E-state index contributed by atoms with van der Waals surface area (Å²) in [6.07, 6.45) is 0. The number of benzene rings is 1. The number of carbonyl (C=O) groups is 1. The average molecular weight is 254 g/mol. The van der Waals surface area contributed by atoms with Gasteiger partial charge in [0, 0.05) is 5.02 Å². The molecule has 1 aromatic rings. The van der Waals surface area contributed by atoms with Crippen LogP contribution in [0.1, 0.15) is 0 Å². The first-order chi connectivity index (χ1) is 6.50. The van der Waals surface area contributed by atoms with Crippen molar-refractivity contribution in [1.29, 1.82) is 0 Å². The maximum Gasteiger partial charge on any atom is 0.157 e. The van der Waals surface area contributed by atoms with E-state index >= 15 is 0 Å². The summed E-state index contributed by atoms with van der Waals surface area (Å²) >= 11 is 17.1. The molecule has 6 heteroatoms. The molecule has 3 nitrogen and oxygen atoms in total. The highest BCUT2D eigenvalue weighted by Gasteiger charge is 2.08. The van der Waals surface area contributed by atoms with E-state index in [9.17, 15) is 9.90 Å². The number of carbonyl (C=O) groups excluding carboxylic acids is 1. The van der Waals surface area contributed by atoms with Crippen molar-refractivity contribution < 1.29 is 14.6 Å². The maximum atomic E-state index is 10.1.